The number of likely N-dealkylation sites (N-methyl/N-ethyl adjacent to an activating group) is 1. The van der Waals surface area contributed by atoms with E-state index in [9.17, 15) is 0 Å². The van der Waals surface area contributed by atoms with Crippen LogP contribution in [-0.2, 0) is 4.74 Å². The first-order valence-electron chi connectivity index (χ1n) is 7.58. The molecule has 1 aliphatic rings. The van der Waals surface area contributed by atoms with Crippen molar-refractivity contribution in [1.82, 2.24) is 10.2 Å². The van der Waals surface area contributed by atoms with Gasteiger partial charge in [-0.15, -0.1) is 0 Å². The van der Waals surface area contributed by atoms with Crippen molar-refractivity contribution in [2.24, 2.45) is 5.92 Å². The van der Waals surface area contributed by atoms with Crippen LogP contribution in [0.2, 0.25) is 0 Å². The first-order valence-corrected chi connectivity index (χ1v) is 7.58. The van der Waals surface area contributed by atoms with E-state index in [1.165, 1.54) is 32.1 Å². The Morgan fingerprint density at radius 3 is 2.39 bits per heavy atom. The van der Waals surface area contributed by atoms with Crippen LogP contribution in [0.5, 0.6) is 0 Å². The van der Waals surface area contributed by atoms with E-state index in [1.54, 1.807) is 0 Å². The minimum Gasteiger partial charge on any atom is -0.380 e. The van der Waals surface area contributed by atoms with Gasteiger partial charge >= 0.3 is 0 Å². The minimum absolute atomic E-state index is 0.747. The van der Waals surface area contributed by atoms with E-state index >= 15 is 0 Å². The normalized spacial score (nSPS) is 25.0. The number of hydrogen-bond acceptors (Lipinski definition) is 3. The third kappa shape index (κ3) is 6.17. The number of rotatable bonds is 8. The highest BCUT2D eigenvalue weighted by Gasteiger charge is 2.22. The molecule has 0 spiro atoms. The third-order valence-electron chi connectivity index (χ3n) is 4.16. The van der Waals surface area contributed by atoms with Gasteiger partial charge in [0.25, 0.3) is 0 Å². The van der Waals surface area contributed by atoms with Crippen molar-refractivity contribution in [2.45, 2.75) is 58.0 Å². The molecule has 0 aliphatic heterocycles. The summed E-state index contributed by atoms with van der Waals surface area (Å²) < 4.78 is 5.69. The van der Waals surface area contributed by atoms with E-state index in [-0.39, 0.29) is 0 Å². The van der Waals surface area contributed by atoms with E-state index < -0.39 is 0 Å². The molecule has 1 rings (SSSR count). The summed E-state index contributed by atoms with van der Waals surface area (Å²) in [6.45, 7) is 7.37. The quantitative estimate of drug-likeness (QED) is 0.675. The molecule has 0 heterocycles. The van der Waals surface area contributed by atoms with Gasteiger partial charge in [0.2, 0.25) is 0 Å². The van der Waals surface area contributed by atoms with Crippen LogP contribution in [0.4, 0.5) is 0 Å². The van der Waals surface area contributed by atoms with Crippen molar-refractivity contribution in [3.8, 4) is 0 Å². The number of nitrogens with one attached hydrogen (secondary N) is 1. The molecule has 1 saturated carbocycles. The molecule has 18 heavy (non-hydrogen) atoms. The lowest BCUT2D eigenvalue weighted by Crippen LogP contribution is -2.41. The molecule has 3 heteroatoms. The summed E-state index contributed by atoms with van der Waals surface area (Å²) in [5, 5.41) is 3.39. The molecule has 1 N–H and O–H groups in total. The Morgan fingerprint density at radius 1 is 1.17 bits per heavy atom. The first-order chi connectivity index (χ1) is 8.63. The lowest BCUT2D eigenvalue weighted by molar-refractivity contribution is 0.0817. The Bertz CT molecular complexity index is 201. The number of ether oxygens (including phenoxy) is 1. The van der Waals surface area contributed by atoms with E-state index in [2.05, 4.69) is 38.2 Å². The van der Waals surface area contributed by atoms with Gasteiger partial charge in [0.1, 0.15) is 0 Å². The number of hydrogen-bond donors (Lipinski definition) is 1. The topological polar surface area (TPSA) is 24.5 Å². The molecule has 0 aromatic heterocycles. The molecule has 1 aliphatic carbocycles. The van der Waals surface area contributed by atoms with Gasteiger partial charge in [-0.3, -0.25) is 0 Å². The molecule has 0 amide bonds. The number of nitrogens with zero attached hydrogens (tertiary/aromatic N) is 1. The average molecular weight is 256 g/mol. The fourth-order valence-electron chi connectivity index (χ4n) is 2.62. The zero-order valence-corrected chi connectivity index (χ0v) is 12.7. The maximum atomic E-state index is 5.69. The van der Waals surface area contributed by atoms with Gasteiger partial charge in [-0.2, -0.15) is 0 Å². The highest BCUT2D eigenvalue weighted by atomic mass is 16.5. The smallest absolute Gasteiger partial charge is 0.0593 e. The van der Waals surface area contributed by atoms with Gasteiger partial charge < -0.3 is 15.0 Å². The average Bonchev–Trinajstić information content (AvgIpc) is 2.38. The predicted octanol–water partition coefficient (Wildman–Crippen LogP) is 2.51. The van der Waals surface area contributed by atoms with Crippen LogP contribution in [0, 0.1) is 5.92 Å². The van der Waals surface area contributed by atoms with E-state index in [1.807, 2.05) is 0 Å². The third-order valence-corrected chi connectivity index (χ3v) is 4.16. The largest absolute Gasteiger partial charge is 0.380 e. The zero-order chi connectivity index (χ0) is 13.4. The molecule has 0 radical (unpaired) electrons. The Hall–Kier alpha value is -0.120. The Kier molecular flexibility index (Phi) is 7.87. The summed E-state index contributed by atoms with van der Waals surface area (Å²) in [5.41, 5.74) is 0. The van der Waals surface area contributed by atoms with Gasteiger partial charge in [-0.25, -0.2) is 0 Å². The van der Waals surface area contributed by atoms with Crippen molar-refractivity contribution < 1.29 is 4.74 Å². The summed E-state index contributed by atoms with van der Waals surface area (Å²) in [5.74, 6) is 0.750. The molecule has 0 unspecified atom stereocenters. The van der Waals surface area contributed by atoms with Gasteiger partial charge in [-0.1, -0.05) is 13.8 Å². The van der Waals surface area contributed by atoms with E-state index in [0.717, 1.165) is 37.8 Å². The summed E-state index contributed by atoms with van der Waals surface area (Å²) in [7, 11) is 4.33. The van der Waals surface area contributed by atoms with Crippen LogP contribution in [0.1, 0.15) is 46.0 Å². The van der Waals surface area contributed by atoms with Crippen LogP contribution >= 0.6 is 0 Å². The standard InChI is InChI=1S/C15H32N2O/c1-13(2)9-11-18-12-10-17(4)15-7-5-14(16-3)6-8-15/h13-16H,5-12H2,1-4H3. The van der Waals surface area contributed by atoms with Crippen molar-refractivity contribution in [3.05, 3.63) is 0 Å². The van der Waals surface area contributed by atoms with Gasteiger partial charge in [0.05, 0.1) is 6.61 Å². The summed E-state index contributed by atoms with van der Waals surface area (Å²) in [6, 6.07) is 1.51. The Balaban J connectivity index is 2.04. The maximum absolute atomic E-state index is 5.69. The van der Waals surface area contributed by atoms with Crippen LogP contribution in [0.3, 0.4) is 0 Å². The molecule has 0 aromatic rings. The monoisotopic (exact) mass is 256 g/mol. The lowest BCUT2D eigenvalue weighted by atomic mass is 9.90. The predicted molar refractivity (Wildman–Crippen MR) is 78.0 cm³/mol. The molecule has 0 bridgehead atoms. The highest BCUT2D eigenvalue weighted by molar-refractivity contribution is 4.80. The molecule has 0 aromatic carbocycles. The molecular formula is C15H32N2O. The summed E-state index contributed by atoms with van der Waals surface area (Å²) in [6.07, 6.45) is 6.47. The Morgan fingerprint density at radius 2 is 1.83 bits per heavy atom. The van der Waals surface area contributed by atoms with Crippen LogP contribution in [0.15, 0.2) is 0 Å². The summed E-state index contributed by atoms with van der Waals surface area (Å²) >= 11 is 0. The van der Waals surface area contributed by atoms with Gasteiger partial charge in [-0.05, 0) is 52.1 Å². The molecular weight excluding hydrogens is 224 g/mol. The molecule has 0 atom stereocenters. The van der Waals surface area contributed by atoms with Crippen molar-refractivity contribution in [3.63, 3.8) is 0 Å². The second-order valence-electron chi connectivity index (χ2n) is 6.07. The van der Waals surface area contributed by atoms with E-state index in [0.29, 0.717) is 0 Å². The van der Waals surface area contributed by atoms with Crippen LogP contribution in [0.25, 0.3) is 0 Å². The molecule has 3 nitrogen and oxygen atoms in total. The fourth-order valence-corrected chi connectivity index (χ4v) is 2.62. The lowest BCUT2D eigenvalue weighted by Gasteiger charge is -2.34. The maximum Gasteiger partial charge on any atom is 0.0593 e. The second-order valence-corrected chi connectivity index (χ2v) is 6.07. The fraction of sp³-hybridized carbons (Fsp3) is 1.00. The van der Waals surface area contributed by atoms with Crippen molar-refractivity contribution in [1.29, 1.82) is 0 Å². The van der Waals surface area contributed by atoms with Crippen LogP contribution < -0.4 is 5.32 Å². The highest BCUT2D eigenvalue weighted by Crippen LogP contribution is 2.21. The van der Waals surface area contributed by atoms with Crippen molar-refractivity contribution in [2.75, 3.05) is 33.9 Å². The van der Waals surface area contributed by atoms with Crippen LogP contribution in [-0.4, -0.2) is 50.8 Å². The van der Waals surface area contributed by atoms with Gasteiger partial charge in [0.15, 0.2) is 0 Å². The van der Waals surface area contributed by atoms with E-state index in [4.69, 9.17) is 4.74 Å². The summed E-state index contributed by atoms with van der Waals surface area (Å²) in [4.78, 5) is 2.49. The van der Waals surface area contributed by atoms with Gasteiger partial charge in [0, 0.05) is 25.2 Å². The first kappa shape index (κ1) is 15.9. The molecule has 108 valence electrons. The zero-order valence-electron chi connectivity index (χ0n) is 12.7. The van der Waals surface area contributed by atoms with Crippen molar-refractivity contribution >= 4 is 0 Å². The molecule has 0 saturated heterocycles. The Labute approximate surface area is 113 Å². The second kappa shape index (κ2) is 8.89. The minimum atomic E-state index is 0.747. The molecule has 1 fully saturated rings. The SMILES string of the molecule is CNC1CCC(N(C)CCOCCC(C)C)CC1.